The first kappa shape index (κ1) is 15.0. The molecule has 1 aliphatic carbocycles. The normalized spacial score (nSPS) is 16.3. The number of aliphatic hydroxyl groups excluding tert-OH is 1. The third-order valence-electron chi connectivity index (χ3n) is 3.59. The summed E-state index contributed by atoms with van der Waals surface area (Å²) in [6.07, 6.45) is 2.82. The summed E-state index contributed by atoms with van der Waals surface area (Å²) >= 11 is 0. The fourth-order valence-corrected chi connectivity index (χ4v) is 2.32. The van der Waals surface area contributed by atoms with Gasteiger partial charge in [0.1, 0.15) is 17.5 Å². The van der Waals surface area contributed by atoms with Crippen LogP contribution in [0.2, 0.25) is 0 Å². The third kappa shape index (κ3) is 3.82. The Morgan fingerprint density at radius 3 is 2.45 bits per heavy atom. The minimum absolute atomic E-state index is 0.341. The minimum atomic E-state index is -0.341. The van der Waals surface area contributed by atoms with Gasteiger partial charge in [-0.1, -0.05) is 13.8 Å². The van der Waals surface area contributed by atoms with Crippen molar-refractivity contribution >= 4 is 11.6 Å². The third-order valence-corrected chi connectivity index (χ3v) is 3.59. The van der Waals surface area contributed by atoms with Crippen molar-refractivity contribution in [2.75, 3.05) is 24.2 Å². The highest BCUT2D eigenvalue weighted by Crippen LogP contribution is 2.39. The van der Waals surface area contributed by atoms with Crippen LogP contribution in [0.4, 0.5) is 11.6 Å². The molecule has 0 spiro atoms. The van der Waals surface area contributed by atoms with E-state index in [1.54, 1.807) is 0 Å². The van der Waals surface area contributed by atoms with Crippen molar-refractivity contribution in [3.8, 4) is 0 Å². The molecular weight excluding hydrogens is 252 g/mol. The van der Waals surface area contributed by atoms with E-state index in [-0.39, 0.29) is 6.10 Å². The molecule has 20 heavy (non-hydrogen) atoms. The van der Waals surface area contributed by atoms with Crippen LogP contribution in [0, 0.1) is 12.8 Å². The summed E-state index contributed by atoms with van der Waals surface area (Å²) in [5.41, 5.74) is 1.01. The summed E-state index contributed by atoms with van der Waals surface area (Å²) in [5, 5.41) is 16.4. The molecule has 1 unspecified atom stereocenters. The maximum atomic E-state index is 9.97. The second kappa shape index (κ2) is 6.39. The van der Waals surface area contributed by atoms with Crippen molar-refractivity contribution < 1.29 is 5.11 Å². The molecule has 1 aliphatic rings. The van der Waals surface area contributed by atoms with Gasteiger partial charge in [0.25, 0.3) is 0 Å². The molecule has 0 aliphatic heterocycles. The van der Waals surface area contributed by atoms with Crippen molar-refractivity contribution in [2.24, 2.45) is 5.92 Å². The molecule has 5 nitrogen and oxygen atoms in total. The van der Waals surface area contributed by atoms with Gasteiger partial charge in [0.2, 0.25) is 0 Å². The van der Waals surface area contributed by atoms with Crippen LogP contribution in [-0.4, -0.2) is 34.8 Å². The molecule has 0 radical (unpaired) electrons. The lowest BCUT2D eigenvalue weighted by molar-refractivity contribution is 0.161. The van der Waals surface area contributed by atoms with Crippen LogP contribution in [0.15, 0.2) is 0 Å². The Hall–Kier alpha value is -1.36. The van der Waals surface area contributed by atoms with Gasteiger partial charge in [0.05, 0.1) is 6.10 Å². The molecule has 112 valence electrons. The van der Waals surface area contributed by atoms with Crippen LogP contribution in [0.1, 0.15) is 50.4 Å². The first-order valence-electron chi connectivity index (χ1n) is 7.49. The molecule has 2 rings (SSSR count). The minimum Gasteiger partial charge on any atom is -0.391 e. The Morgan fingerprint density at radius 1 is 1.25 bits per heavy atom. The maximum Gasteiger partial charge on any atom is 0.136 e. The van der Waals surface area contributed by atoms with Crippen LogP contribution >= 0.6 is 0 Å². The molecule has 5 heteroatoms. The molecule has 0 saturated heterocycles. The second-order valence-electron chi connectivity index (χ2n) is 6.09. The lowest BCUT2D eigenvalue weighted by Crippen LogP contribution is -2.22. The van der Waals surface area contributed by atoms with Crippen molar-refractivity contribution in [3.63, 3.8) is 0 Å². The fourth-order valence-electron chi connectivity index (χ4n) is 2.32. The Morgan fingerprint density at radius 2 is 1.90 bits per heavy atom. The number of nitrogens with zero attached hydrogens (tertiary/aromatic N) is 2. The molecule has 1 saturated carbocycles. The smallest absolute Gasteiger partial charge is 0.136 e. The van der Waals surface area contributed by atoms with E-state index in [1.165, 1.54) is 12.8 Å². The Balaban J connectivity index is 2.07. The summed E-state index contributed by atoms with van der Waals surface area (Å²) in [7, 11) is 1.88. The zero-order chi connectivity index (χ0) is 14.7. The molecule has 3 N–H and O–H groups in total. The summed E-state index contributed by atoms with van der Waals surface area (Å²) in [4.78, 5) is 9.18. The number of anilines is 2. The summed E-state index contributed by atoms with van der Waals surface area (Å²) in [6.45, 7) is 6.76. The van der Waals surface area contributed by atoms with Crippen LogP contribution in [-0.2, 0) is 0 Å². The van der Waals surface area contributed by atoms with E-state index in [1.807, 2.05) is 14.0 Å². The molecule has 1 fully saturated rings. The zero-order valence-electron chi connectivity index (χ0n) is 12.9. The van der Waals surface area contributed by atoms with Gasteiger partial charge in [-0.25, -0.2) is 9.97 Å². The quantitative estimate of drug-likeness (QED) is 0.715. The topological polar surface area (TPSA) is 70.1 Å². The Kier molecular flexibility index (Phi) is 4.81. The molecule has 0 bridgehead atoms. The van der Waals surface area contributed by atoms with Crippen molar-refractivity contribution in [1.29, 1.82) is 0 Å². The lowest BCUT2D eigenvalue weighted by Gasteiger charge is -2.17. The second-order valence-corrected chi connectivity index (χ2v) is 6.09. The highest BCUT2D eigenvalue weighted by molar-refractivity contribution is 5.57. The van der Waals surface area contributed by atoms with E-state index in [0.29, 0.717) is 18.4 Å². The van der Waals surface area contributed by atoms with E-state index in [2.05, 4.69) is 34.4 Å². The molecule has 1 aromatic rings. The van der Waals surface area contributed by atoms with Gasteiger partial charge in [0.15, 0.2) is 0 Å². The number of rotatable bonds is 7. The number of hydrogen-bond donors (Lipinski definition) is 3. The lowest BCUT2D eigenvalue weighted by atomic mass is 10.1. The van der Waals surface area contributed by atoms with Gasteiger partial charge in [-0.05, 0) is 32.1 Å². The van der Waals surface area contributed by atoms with Gasteiger partial charge in [-0.3, -0.25) is 0 Å². The van der Waals surface area contributed by atoms with E-state index in [4.69, 9.17) is 0 Å². The van der Waals surface area contributed by atoms with Crippen LogP contribution in [0.25, 0.3) is 0 Å². The SMILES string of the molecule is CNc1nc(C2CC2)nc(NCC(O)CC(C)C)c1C. The predicted molar refractivity (Wildman–Crippen MR) is 82.2 cm³/mol. The van der Waals surface area contributed by atoms with E-state index >= 15 is 0 Å². The maximum absolute atomic E-state index is 9.97. The molecule has 0 aromatic carbocycles. The molecule has 0 amide bonds. The summed E-state index contributed by atoms with van der Waals surface area (Å²) in [5.74, 6) is 3.65. The average molecular weight is 278 g/mol. The van der Waals surface area contributed by atoms with Crippen molar-refractivity contribution in [3.05, 3.63) is 11.4 Å². The molecule has 1 aromatic heterocycles. The first-order valence-corrected chi connectivity index (χ1v) is 7.49. The predicted octanol–water partition coefficient (Wildman–Crippen LogP) is 2.52. The summed E-state index contributed by atoms with van der Waals surface area (Å²) in [6, 6.07) is 0. The molecule has 1 atom stereocenters. The van der Waals surface area contributed by atoms with E-state index in [0.717, 1.165) is 29.4 Å². The number of hydrogen-bond acceptors (Lipinski definition) is 5. The average Bonchev–Trinajstić information content (AvgIpc) is 3.21. The van der Waals surface area contributed by atoms with Gasteiger partial charge >= 0.3 is 0 Å². The molecule has 1 heterocycles. The summed E-state index contributed by atoms with van der Waals surface area (Å²) < 4.78 is 0. The van der Waals surface area contributed by atoms with Crippen LogP contribution in [0.3, 0.4) is 0 Å². The van der Waals surface area contributed by atoms with Gasteiger partial charge < -0.3 is 15.7 Å². The van der Waals surface area contributed by atoms with Gasteiger partial charge in [-0.15, -0.1) is 0 Å². The van der Waals surface area contributed by atoms with Crippen LogP contribution < -0.4 is 10.6 Å². The van der Waals surface area contributed by atoms with Gasteiger partial charge in [0, 0.05) is 25.1 Å². The number of aromatic nitrogens is 2. The van der Waals surface area contributed by atoms with E-state index < -0.39 is 0 Å². The highest BCUT2D eigenvalue weighted by Gasteiger charge is 2.28. The highest BCUT2D eigenvalue weighted by atomic mass is 16.3. The number of nitrogens with one attached hydrogen (secondary N) is 2. The zero-order valence-corrected chi connectivity index (χ0v) is 12.9. The molecular formula is C15H26N4O. The first-order chi connectivity index (χ1) is 9.51. The van der Waals surface area contributed by atoms with Gasteiger partial charge in [-0.2, -0.15) is 0 Å². The monoisotopic (exact) mass is 278 g/mol. The Bertz CT molecular complexity index is 457. The fraction of sp³-hybridized carbons (Fsp3) is 0.733. The Labute approximate surface area is 121 Å². The largest absolute Gasteiger partial charge is 0.391 e. The van der Waals surface area contributed by atoms with Crippen LogP contribution in [0.5, 0.6) is 0 Å². The van der Waals surface area contributed by atoms with Crippen molar-refractivity contribution in [1.82, 2.24) is 9.97 Å². The standard InChI is InChI=1S/C15H26N4O/c1-9(2)7-12(20)8-17-14-10(3)13(16-4)18-15(19-14)11-5-6-11/h9,11-12,20H,5-8H2,1-4H3,(H2,16,17,18,19). The van der Waals surface area contributed by atoms with E-state index in [9.17, 15) is 5.11 Å². The van der Waals surface area contributed by atoms with Crippen molar-refractivity contribution in [2.45, 2.75) is 52.1 Å². The number of aliphatic hydroxyl groups is 1.